The summed E-state index contributed by atoms with van der Waals surface area (Å²) in [5.74, 6) is 0. The molecule has 2 aliphatic heterocycles. The lowest BCUT2D eigenvalue weighted by Crippen LogP contribution is -1.92. The van der Waals surface area contributed by atoms with Gasteiger partial charge in [-0.3, -0.25) is 0 Å². The second-order valence-corrected chi connectivity index (χ2v) is 11.1. The maximum Gasteiger partial charge on any atom is 0.0792 e. The maximum atomic E-state index is 5.05. The van der Waals surface area contributed by atoms with Crippen LogP contribution in [0.5, 0.6) is 0 Å². The van der Waals surface area contributed by atoms with Crippen LogP contribution in [0.1, 0.15) is 54.5 Å². The summed E-state index contributed by atoms with van der Waals surface area (Å²) in [5.41, 5.74) is 9.71. The monoisotopic (exact) mass is 758 g/mol. The molecular weight excluding hydrogens is 737 g/mol. The third-order valence-electron chi connectivity index (χ3n) is 5.70. The molecule has 8 bridgehead atoms. The Morgan fingerprint density at radius 1 is 0.625 bits per heavy atom. The molecule has 7 heteroatoms. The number of unbranched alkanes of at least 4 members (excludes halogenated alkanes) is 2. The van der Waals surface area contributed by atoms with E-state index in [4.69, 9.17) is 9.97 Å². The van der Waals surface area contributed by atoms with E-state index in [1.165, 1.54) is 18.4 Å². The van der Waals surface area contributed by atoms with Crippen molar-refractivity contribution in [2.45, 2.75) is 32.6 Å². The fourth-order valence-corrected chi connectivity index (χ4v) is 5.82. The predicted molar refractivity (Wildman–Crippen MR) is 160 cm³/mol. The average Bonchev–Trinajstić information content (AvgIpc) is 3.61. The molecule has 5 heterocycles. The third-order valence-corrected chi connectivity index (χ3v) is 9.10. The molecule has 32 heavy (non-hydrogen) atoms. The lowest BCUT2D eigenvalue weighted by molar-refractivity contribution is 0.717. The highest BCUT2D eigenvalue weighted by molar-refractivity contribution is 14.1. The van der Waals surface area contributed by atoms with E-state index in [0.29, 0.717) is 0 Å². The quantitative estimate of drug-likeness (QED) is 0.144. The van der Waals surface area contributed by atoms with Crippen LogP contribution >= 0.6 is 67.8 Å². The average molecular weight is 758 g/mol. The van der Waals surface area contributed by atoms with Gasteiger partial charge in [0.15, 0.2) is 0 Å². The van der Waals surface area contributed by atoms with Crippen molar-refractivity contribution in [2.24, 2.45) is 0 Å². The van der Waals surface area contributed by atoms with Crippen LogP contribution in [0.2, 0.25) is 0 Å². The molecule has 0 saturated carbocycles. The van der Waals surface area contributed by atoms with Crippen molar-refractivity contribution in [1.82, 2.24) is 19.9 Å². The van der Waals surface area contributed by atoms with E-state index in [2.05, 4.69) is 133 Å². The molecule has 0 aliphatic carbocycles. The second kappa shape index (κ2) is 9.57. The van der Waals surface area contributed by atoms with Gasteiger partial charge in [-0.1, -0.05) is 19.8 Å². The van der Waals surface area contributed by atoms with Crippen LogP contribution in [0, 0.1) is 10.7 Å². The Bertz CT molecular complexity index is 1430. The van der Waals surface area contributed by atoms with Gasteiger partial charge in [0.1, 0.15) is 0 Å². The summed E-state index contributed by atoms with van der Waals surface area (Å²) in [5, 5.41) is 0. The minimum Gasteiger partial charge on any atom is -0.354 e. The molecule has 0 aromatic carbocycles. The minimum atomic E-state index is 0.984. The van der Waals surface area contributed by atoms with E-state index in [1.54, 1.807) is 0 Å². The van der Waals surface area contributed by atoms with E-state index in [1.807, 2.05) is 0 Å². The number of hydrogen-bond donors (Lipinski definition) is 2. The van der Waals surface area contributed by atoms with Gasteiger partial charge in [-0.25, -0.2) is 9.97 Å². The number of fused-ring (bicyclic) bond motifs is 8. The first-order valence-corrected chi connectivity index (χ1v) is 13.9. The van der Waals surface area contributed by atoms with Crippen LogP contribution < -0.4 is 0 Å². The van der Waals surface area contributed by atoms with E-state index < -0.39 is 0 Å². The minimum absolute atomic E-state index is 0.984. The molecule has 2 N–H and O–H groups in total. The van der Waals surface area contributed by atoms with Crippen molar-refractivity contribution in [3.05, 3.63) is 63.3 Å². The van der Waals surface area contributed by atoms with Gasteiger partial charge in [0, 0.05) is 11.1 Å². The summed E-state index contributed by atoms with van der Waals surface area (Å²) in [7, 11) is 0. The Morgan fingerprint density at radius 3 is 1.59 bits per heavy atom. The molecule has 4 nitrogen and oxygen atoms in total. The number of halogens is 3. The number of H-pyrrole nitrogens is 2. The molecule has 162 valence electrons. The van der Waals surface area contributed by atoms with Gasteiger partial charge < -0.3 is 9.97 Å². The summed E-state index contributed by atoms with van der Waals surface area (Å²) in [6.45, 7) is 2.24. The predicted octanol–water partition coefficient (Wildman–Crippen LogP) is 8.20. The van der Waals surface area contributed by atoms with E-state index >= 15 is 0 Å². The molecule has 2 aliphatic rings. The number of aryl methyl sites for hydroxylation is 1. The van der Waals surface area contributed by atoms with Crippen LogP contribution in [-0.2, 0) is 6.42 Å². The van der Waals surface area contributed by atoms with E-state index in [-0.39, 0.29) is 0 Å². The number of rotatable bonds is 4. The topological polar surface area (TPSA) is 57.4 Å². The summed E-state index contributed by atoms with van der Waals surface area (Å²) >= 11 is 7.18. The van der Waals surface area contributed by atoms with Crippen LogP contribution in [0.15, 0.2) is 24.3 Å². The zero-order valence-electron chi connectivity index (χ0n) is 17.5. The Morgan fingerprint density at radius 2 is 1.06 bits per heavy atom. The van der Waals surface area contributed by atoms with Crippen LogP contribution in [0.4, 0.5) is 0 Å². The SMILES string of the molecule is CCCCCc1c2nc(c(I)c3ccc([nH]3)c(I)c3nc(c(I)c4ccc1[nH]4)C=C3)C=C2. The first-order chi connectivity index (χ1) is 15.5. The van der Waals surface area contributed by atoms with Crippen molar-refractivity contribution in [2.75, 3.05) is 0 Å². The fourth-order valence-electron chi connectivity index (χ4n) is 3.98. The number of nitrogens with zero attached hydrogens (tertiary/aromatic N) is 2. The summed E-state index contributed by atoms with van der Waals surface area (Å²) in [4.78, 5) is 17.2. The molecule has 0 atom stereocenters. The zero-order valence-corrected chi connectivity index (χ0v) is 23.9. The number of aromatic nitrogens is 4. The molecule has 3 aromatic rings. The fraction of sp³-hybridized carbons (Fsp3) is 0.200. The van der Waals surface area contributed by atoms with Gasteiger partial charge >= 0.3 is 0 Å². The molecule has 0 saturated heterocycles. The first-order valence-electron chi connectivity index (χ1n) is 10.7. The van der Waals surface area contributed by atoms with Gasteiger partial charge in [-0.05, 0) is 129 Å². The van der Waals surface area contributed by atoms with Gasteiger partial charge in [0.2, 0.25) is 0 Å². The molecule has 0 radical (unpaired) electrons. The Kier molecular flexibility index (Phi) is 6.75. The standard InChI is InChI=1S/C25H21I3N4/c1-2-3-4-5-14-15-6-8-17(29-15)23(26)19-10-12-21(31-19)25(28)22-13-11-20(32-22)24(27)18-9-7-16(14)30-18/h6-13,29,32H,2-5H2,1H3. The van der Waals surface area contributed by atoms with E-state index in [0.717, 1.165) is 68.4 Å². The highest BCUT2D eigenvalue weighted by atomic mass is 127. The smallest absolute Gasteiger partial charge is 0.0792 e. The van der Waals surface area contributed by atoms with E-state index in [9.17, 15) is 0 Å². The van der Waals surface area contributed by atoms with Gasteiger partial charge in [0.25, 0.3) is 0 Å². The Hall–Kier alpha value is -1.21. The highest BCUT2D eigenvalue weighted by Gasteiger charge is 2.13. The molecule has 0 amide bonds. The lowest BCUT2D eigenvalue weighted by Gasteiger charge is -2.03. The number of aromatic amines is 2. The third kappa shape index (κ3) is 4.31. The molecule has 3 aromatic heterocycles. The van der Waals surface area contributed by atoms with Crippen molar-refractivity contribution < 1.29 is 0 Å². The highest BCUT2D eigenvalue weighted by Crippen LogP contribution is 2.28. The zero-order chi connectivity index (χ0) is 22.2. The molecule has 5 rings (SSSR count). The Labute approximate surface area is 227 Å². The molecular formula is C25H21I3N4. The second-order valence-electron chi connectivity index (χ2n) is 7.88. The molecule has 0 unspecified atom stereocenters. The maximum absolute atomic E-state index is 5.05. The normalized spacial score (nSPS) is 12.6. The summed E-state index contributed by atoms with van der Waals surface area (Å²) in [6.07, 6.45) is 13.1. The van der Waals surface area contributed by atoms with Crippen molar-refractivity contribution in [3.63, 3.8) is 0 Å². The van der Waals surface area contributed by atoms with Crippen molar-refractivity contribution in [3.8, 4) is 0 Å². The summed E-state index contributed by atoms with van der Waals surface area (Å²) < 4.78 is 3.35. The van der Waals surface area contributed by atoms with Crippen molar-refractivity contribution in [1.29, 1.82) is 0 Å². The van der Waals surface area contributed by atoms with Crippen LogP contribution in [0.3, 0.4) is 0 Å². The van der Waals surface area contributed by atoms with Gasteiger partial charge in [-0.2, -0.15) is 0 Å². The lowest BCUT2D eigenvalue weighted by atomic mass is 10.1. The number of hydrogen-bond acceptors (Lipinski definition) is 2. The van der Waals surface area contributed by atoms with Gasteiger partial charge in [-0.15, -0.1) is 0 Å². The molecule has 0 fully saturated rings. The molecule has 0 spiro atoms. The number of nitrogens with one attached hydrogen (secondary N) is 2. The van der Waals surface area contributed by atoms with Crippen LogP contribution in [-0.4, -0.2) is 19.9 Å². The van der Waals surface area contributed by atoms with Crippen molar-refractivity contribution >= 4 is 114 Å². The Balaban J connectivity index is 1.87. The first kappa shape index (κ1) is 22.6. The van der Waals surface area contributed by atoms with Gasteiger partial charge in [0.05, 0.1) is 50.0 Å². The largest absolute Gasteiger partial charge is 0.354 e. The summed E-state index contributed by atoms with van der Waals surface area (Å²) in [6, 6.07) is 8.60. The van der Waals surface area contributed by atoms with Crippen LogP contribution in [0.25, 0.3) is 46.4 Å².